The minimum absolute atomic E-state index is 0.149. The molecule has 1 N–H and O–H groups in total. The lowest BCUT2D eigenvalue weighted by Gasteiger charge is -2.38. The summed E-state index contributed by atoms with van der Waals surface area (Å²) in [5, 5.41) is 9.00. The minimum atomic E-state index is -0.660. The van der Waals surface area contributed by atoms with Crippen LogP contribution in [0.2, 0.25) is 0 Å². The fraction of sp³-hybridized carbons (Fsp3) is 0.889. The quantitative estimate of drug-likeness (QED) is 0.657. The van der Waals surface area contributed by atoms with E-state index in [9.17, 15) is 4.79 Å². The third kappa shape index (κ3) is 2.42. The van der Waals surface area contributed by atoms with E-state index >= 15 is 0 Å². The normalized spacial score (nSPS) is 30.8. The fourth-order valence-electron chi connectivity index (χ4n) is 1.90. The van der Waals surface area contributed by atoms with Crippen molar-refractivity contribution < 1.29 is 9.90 Å². The van der Waals surface area contributed by atoms with Gasteiger partial charge < -0.3 is 14.9 Å². The molecule has 0 aromatic rings. The molecule has 1 aliphatic heterocycles. The smallest absolute Gasteiger partial charge is 0.308 e. The first-order chi connectivity index (χ1) is 6.02. The average Bonchev–Trinajstić information content (AvgIpc) is 2.03. The number of carboxylic acid groups (broad SMARTS) is 1. The van der Waals surface area contributed by atoms with Crippen LogP contribution in [0, 0.1) is 5.92 Å². The van der Waals surface area contributed by atoms with Crippen molar-refractivity contribution in [3.05, 3.63) is 0 Å². The zero-order chi connectivity index (χ0) is 10.0. The number of nitrogens with zero attached hydrogens (tertiary/aromatic N) is 2. The van der Waals surface area contributed by atoms with Gasteiger partial charge >= 0.3 is 5.97 Å². The van der Waals surface area contributed by atoms with E-state index in [-0.39, 0.29) is 12.0 Å². The van der Waals surface area contributed by atoms with Crippen molar-refractivity contribution in [1.82, 2.24) is 9.80 Å². The van der Waals surface area contributed by atoms with Gasteiger partial charge in [0, 0.05) is 12.6 Å². The summed E-state index contributed by atoms with van der Waals surface area (Å²) in [5.74, 6) is -0.863. The molecule has 1 rings (SSSR count). The Morgan fingerprint density at radius 2 is 2.15 bits per heavy atom. The van der Waals surface area contributed by atoms with Crippen molar-refractivity contribution in [3.63, 3.8) is 0 Å². The van der Waals surface area contributed by atoms with E-state index in [1.54, 1.807) is 0 Å². The number of aliphatic carboxylic acids is 1. The molecule has 0 amide bonds. The maximum atomic E-state index is 10.9. The van der Waals surface area contributed by atoms with E-state index in [1.165, 1.54) is 0 Å². The lowest BCUT2D eigenvalue weighted by atomic mass is 9.91. The lowest BCUT2D eigenvalue weighted by Crippen LogP contribution is -2.51. The number of carboxylic acids is 1. The average molecular weight is 186 g/mol. The van der Waals surface area contributed by atoms with Crippen LogP contribution in [0.15, 0.2) is 0 Å². The summed E-state index contributed by atoms with van der Waals surface area (Å²) in [6, 6.07) is 0.149. The number of rotatable bonds is 2. The van der Waals surface area contributed by atoms with Crippen molar-refractivity contribution in [2.75, 3.05) is 34.2 Å². The van der Waals surface area contributed by atoms with Gasteiger partial charge in [-0.25, -0.2) is 0 Å². The molecule has 0 spiro atoms. The molecule has 0 radical (unpaired) electrons. The largest absolute Gasteiger partial charge is 0.481 e. The standard InChI is InChI=1S/C9H18N2O2/c1-10(2)8-6-11(3)5-4-7(8)9(12)13/h7-8H,4-6H2,1-3H3,(H,12,13). The summed E-state index contributed by atoms with van der Waals surface area (Å²) in [4.78, 5) is 15.1. The molecule has 1 aliphatic rings. The highest BCUT2D eigenvalue weighted by Gasteiger charge is 2.33. The van der Waals surface area contributed by atoms with Gasteiger partial charge in [0.15, 0.2) is 0 Å². The first kappa shape index (κ1) is 10.5. The Morgan fingerprint density at radius 1 is 1.54 bits per heavy atom. The van der Waals surface area contributed by atoms with Crippen LogP contribution in [0.1, 0.15) is 6.42 Å². The van der Waals surface area contributed by atoms with Crippen molar-refractivity contribution in [2.45, 2.75) is 12.5 Å². The predicted octanol–water partition coefficient (Wildman–Crippen LogP) is -0.0471. The number of hydrogen-bond acceptors (Lipinski definition) is 3. The summed E-state index contributed by atoms with van der Waals surface area (Å²) in [6.45, 7) is 1.74. The van der Waals surface area contributed by atoms with Crippen molar-refractivity contribution in [2.24, 2.45) is 5.92 Å². The summed E-state index contributed by atoms with van der Waals surface area (Å²) < 4.78 is 0. The van der Waals surface area contributed by atoms with E-state index in [2.05, 4.69) is 4.90 Å². The van der Waals surface area contributed by atoms with E-state index in [4.69, 9.17) is 5.11 Å². The summed E-state index contributed by atoms with van der Waals surface area (Å²) >= 11 is 0. The molecule has 1 fully saturated rings. The predicted molar refractivity (Wildman–Crippen MR) is 50.7 cm³/mol. The third-order valence-electron chi connectivity index (χ3n) is 2.77. The molecule has 0 saturated carbocycles. The number of carbonyl (C=O) groups is 1. The fourth-order valence-corrected chi connectivity index (χ4v) is 1.90. The Bertz CT molecular complexity index is 194. The van der Waals surface area contributed by atoms with Gasteiger partial charge in [-0.05, 0) is 34.1 Å². The summed E-state index contributed by atoms with van der Waals surface area (Å²) in [6.07, 6.45) is 0.759. The van der Waals surface area contributed by atoms with Gasteiger partial charge in [0.05, 0.1) is 5.92 Å². The number of likely N-dealkylation sites (N-methyl/N-ethyl adjacent to an activating group) is 2. The number of hydrogen-bond donors (Lipinski definition) is 1. The van der Waals surface area contributed by atoms with E-state index in [1.807, 2.05) is 26.0 Å². The Hall–Kier alpha value is -0.610. The third-order valence-corrected chi connectivity index (χ3v) is 2.77. The molecule has 1 saturated heterocycles. The maximum Gasteiger partial charge on any atom is 0.308 e. The molecule has 0 bridgehead atoms. The van der Waals surface area contributed by atoms with Gasteiger partial charge in [0.1, 0.15) is 0 Å². The van der Waals surface area contributed by atoms with Crippen LogP contribution in [-0.4, -0.2) is 61.2 Å². The van der Waals surface area contributed by atoms with Crippen LogP contribution in [0.4, 0.5) is 0 Å². The molecular formula is C9H18N2O2. The molecule has 2 atom stereocenters. The second-order valence-electron chi connectivity index (χ2n) is 4.03. The molecule has 76 valence electrons. The Morgan fingerprint density at radius 3 is 2.62 bits per heavy atom. The molecule has 4 nitrogen and oxygen atoms in total. The van der Waals surface area contributed by atoms with Crippen molar-refractivity contribution in [3.8, 4) is 0 Å². The Labute approximate surface area is 79.1 Å². The highest BCUT2D eigenvalue weighted by Crippen LogP contribution is 2.20. The van der Waals surface area contributed by atoms with Crippen LogP contribution in [0.5, 0.6) is 0 Å². The first-order valence-electron chi connectivity index (χ1n) is 4.60. The second-order valence-corrected chi connectivity index (χ2v) is 4.03. The molecule has 0 aliphatic carbocycles. The van der Waals surface area contributed by atoms with Crippen LogP contribution in [0.3, 0.4) is 0 Å². The molecule has 1 heterocycles. The van der Waals surface area contributed by atoms with Gasteiger partial charge in [-0.1, -0.05) is 0 Å². The SMILES string of the molecule is CN1CCC(C(=O)O)C(N(C)C)C1. The molecule has 0 aromatic carbocycles. The van der Waals surface area contributed by atoms with Crippen molar-refractivity contribution in [1.29, 1.82) is 0 Å². The Kier molecular flexibility index (Phi) is 3.27. The van der Waals surface area contributed by atoms with Crippen LogP contribution in [-0.2, 0) is 4.79 Å². The van der Waals surface area contributed by atoms with Gasteiger partial charge in [-0.2, -0.15) is 0 Å². The Balaban J connectivity index is 2.66. The van der Waals surface area contributed by atoms with Gasteiger partial charge in [-0.3, -0.25) is 4.79 Å². The summed E-state index contributed by atoms with van der Waals surface area (Å²) in [5.41, 5.74) is 0. The van der Waals surface area contributed by atoms with Gasteiger partial charge in [0.2, 0.25) is 0 Å². The molecule has 4 heteroatoms. The highest BCUT2D eigenvalue weighted by molar-refractivity contribution is 5.71. The van der Waals surface area contributed by atoms with Crippen LogP contribution < -0.4 is 0 Å². The first-order valence-corrected chi connectivity index (χ1v) is 4.60. The molecule has 2 unspecified atom stereocenters. The number of piperidine rings is 1. The zero-order valence-electron chi connectivity index (χ0n) is 8.53. The van der Waals surface area contributed by atoms with Gasteiger partial charge in [-0.15, -0.1) is 0 Å². The number of likely N-dealkylation sites (tertiary alicyclic amines) is 1. The van der Waals surface area contributed by atoms with Gasteiger partial charge in [0.25, 0.3) is 0 Å². The minimum Gasteiger partial charge on any atom is -0.481 e. The lowest BCUT2D eigenvalue weighted by molar-refractivity contribution is -0.145. The summed E-state index contributed by atoms with van der Waals surface area (Å²) in [7, 11) is 5.92. The van der Waals surface area contributed by atoms with Crippen LogP contribution in [0.25, 0.3) is 0 Å². The second kappa shape index (κ2) is 4.07. The monoisotopic (exact) mass is 186 g/mol. The molecule has 0 aromatic heterocycles. The topological polar surface area (TPSA) is 43.8 Å². The van der Waals surface area contributed by atoms with E-state index < -0.39 is 5.97 Å². The highest BCUT2D eigenvalue weighted by atomic mass is 16.4. The van der Waals surface area contributed by atoms with E-state index in [0.29, 0.717) is 0 Å². The zero-order valence-corrected chi connectivity index (χ0v) is 8.53. The maximum absolute atomic E-state index is 10.9. The molecule has 13 heavy (non-hydrogen) atoms. The van der Waals surface area contributed by atoms with Crippen LogP contribution >= 0.6 is 0 Å². The van der Waals surface area contributed by atoms with Crippen molar-refractivity contribution >= 4 is 5.97 Å². The van der Waals surface area contributed by atoms with E-state index in [0.717, 1.165) is 19.5 Å². The molecular weight excluding hydrogens is 168 g/mol.